The Bertz CT molecular complexity index is 1000. The summed E-state index contributed by atoms with van der Waals surface area (Å²) in [7, 11) is 1.63. The standard InChI is InChI=1S/C24H24N2O4/c1-16(28)25-13-21-24(22(15-27)26(21)23(29)14-25)19-9-5-17(6-10-19)3-4-18-7-11-20(30-2)12-8-18/h5-12,21-22,24,27H,13-15H2,1-2H3/t21-,22-,24+/m1/s1. The van der Waals surface area contributed by atoms with Gasteiger partial charge in [-0.3, -0.25) is 9.59 Å². The van der Waals surface area contributed by atoms with E-state index in [1.165, 1.54) is 6.92 Å². The third kappa shape index (κ3) is 3.64. The van der Waals surface area contributed by atoms with E-state index in [0.717, 1.165) is 22.4 Å². The lowest BCUT2D eigenvalue weighted by molar-refractivity contribution is -0.166. The SMILES string of the molecule is COc1ccc(C#Cc2ccc([C@@H]3[C@@H](CO)N4C(=O)CN(C(C)=O)C[C@H]34)cc2)cc1. The van der Waals surface area contributed by atoms with Gasteiger partial charge in [0.25, 0.3) is 0 Å². The van der Waals surface area contributed by atoms with Crippen molar-refractivity contribution in [1.82, 2.24) is 9.80 Å². The van der Waals surface area contributed by atoms with Crippen LogP contribution in [-0.2, 0) is 9.59 Å². The Morgan fingerprint density at radius 2 is 1.70 bits per heavy atom. The number of fused-ring (bicyclic) bond motifs is 1. The van der Waals surface area contributed by atoms with Crippen molar-refractivity contribution in [1.29, 1.82) is 0 Å². The van der Waals surface area contributed by atoms with Crippen molar-refractivity contribution >= 4 is 11.8 Å². The fourth-order valence-corrected chi connectivity index (χ4v) is 4.35. The van der Waals surface area contributed by atoms with E-state index in [2.05, 4.69) is 11.8 Å². The molecule has 6 nitrogen and oxygen atoms in total. The number of benzene rings is 2. The molecule has 0 saturated carbocycles. The molecule has 2 amide bonds. The molecule has 1 N–H and O–H groups in total. The van der Waals surface area contributed by atoms with Gasteiger partial charge in [-0.1, -0.05) is 24.0 Å². The number of nitrogens with zero attached hydrogens (tertiary/aromatic N) is 2. The third-order valence-electron chi connectivity index (χ3n) is 5.93. The summed E-state index contributed by atoms with van der Waals surface area (Å²) in [5.74, 6) is 6.89. The molecule has 6 heteroatoms. The maximum atomic E-state index is 12.4. The zero-order chi connectivity index (χ0) is 21.3. The molecule has 0 bridgehead atoms. The first kappa shape index (κ1) is 20.0. The number of piperazine rings is 1. The van der Waals surface area contributed by atoms with Crippen LogP contribution in [0.4, 0.5) is 0 Å². The number of hydrogen-bond acceptors (Lipinski definition) is 4. The predicted molar refractivity (Wildman–Crippen MR) is 112 cm³/mol. The summed E-state index contributed by atoms with van der Waals surface area (Å²) in [5.41, 5.74) is 2.83. The van der Waals surface area contributed by atoms with Gasteiger partial charge in [0.2, 0.25) is 11.8 Å². The molecule has 154 valence electrons. The van der Waals surface area contributed by atoms with Gasteiger partial charge in [-0.2, -0.15) is 0 Å². The number of aliphatic hydroxyl groups excluding tert-OH is 1. The first-order chi connectivity index (χ1) is 14.5. The molecule has 0 aliphatic carbocycles. The van der Waals surface area contributed by atoms with Gasteiger partial charge < -0.3 is 19.6 Å². The van der Waals surface area contributed by atoms with Crippen molar-refractivity contribution in [2.75, 3.05) is 26.8 Å². The maximum absolute atomic E-state index is 12.4. The Morgan fingerprint density at radius 1 is 1.10 bits per heavy atom. The van der Waals surface area contributed by atoms with Crippen molar-refractivity contribution in [3.63, 3.8) is 0 Å². The van der Waals surface area contributed by atoms with Gasteiger partial charge in [0.05, 0.1) is 32.3 Å². The Kier molecular flexibility index (Phi) is 5.47. The lowest BCUT2D eigenvalue weighted by Gasteiger charge is -2.58. The van der Waals surface area contributed by atoms with E-state index >= 15 is 0 Å². The Hall–Kier alpha value is -3.30. The van der Waals surface area contributed by atoms with Gasteiger partial charge >= 0.3 is 0 Å². The normalized spacial score (nSPS) is 22.5. The van der Waals surface area contributed by atoms with Crippen molar-refractivity contribution < 1.29 is 19.4 Å². The van der Waals surface area contributed by atoms with Gasteiger partial charge in [0.15, 0.2) is 0 Å². The first-order valence-corrected chi connectivity index (χ1v) is 9.95. The number of rotatable bonds is 3. The number of methoxy groups -OCH3 is 1. The van der Waals surface area contributed by atoms with Crippen LogP contribution >= 0.6 is 0 Å². The number of carbonyl (C=O) groups is 2. The van der Waals surface area contributed by atoms with Crippen LogP contribution in [0, 0.1) is 11.8 Å². The monoisotopic (exact) mass is 404 g/mol. The smallest absolute Gasteiger partial charge is 0.242 e. The van der Waals surface area contributed by atoms with Crippen LogP contribution in [-0.4, -0.2) is 65.6 Å². The minimum atomic E-state index is -0.243. The highest BCUT2D eigenvalue weighted by Gasteiger charge is 2.54. The van der Waals surface area contributed by atoms with Crippen molar-refractivity contribution in [2.24, 2.45) is 0 Å². The second-order valence-corrected chi connectivity index (χ2v) is 7.64. The van der Waals surface area contributed by atoms with Crippen LogP contribution in [0.1, 0.15) is 29.5 Å². The maximum Gasteiger partial charge on any atom is 0.242 e. The van der Waals surface area contributed by atoms with Gasteiger partial charge in [0, 0.05) is 30.5 Å². The molecule has 0 radical (unpaired) electrons. The fourth-order valence-electron chi connectivity index (χ4n) is 4.35. The highest BCUT2D eigenvalue weighted by atomic mass is 16.5. The summed E-state index contributed by atoms with van der Waals surface area (Å²) >= 11 is 0. The Balaban J connectivity index is 1.51. The van der Waals surface area contributed by atoms with Crippen LogP contribution in [0.15, 0.2) is 48.5 Å². The van der Waals surface area contributed by atoms with Crippen LogP contribution in [0.3, 0.4) is 0 Å². The average molecular weight is 404 g/mol. The quantitative estimate of drug-likeness (QED) is 0.790. The molecule has 2 aromatic rings. The van der Waals surface area contributed by atoms with E-state index in [0.29, 0.717) is 6.54 Å². The molecular formula is C24H24N2O4. The number of amides is 2. The van der Waals surface area contributed by atoms with Crippen molar-refractivity contribution in [3.05, 3.63) is 65.2 Å². The molecule has 4 rings (SSSR count). The summed E-state index contributed by atoms with van der Waals surface area (Å²) in [5, 5.41) is 9.85. The van der Waals surface area contributed by atoms with Crippen LogP contribution < -0.4 is 4.74 Å². The second-order valence-electron chi connectivity index (χ2n) is 7.64. The number of aliphatic hydroxyl groups is 1. The van der Waals surface area contributed by atoms with Crippen LogP contribution in [0.5, 0.6) is 5.75 Å². The lowest BCUT2D eigenvalue weighted by atomic mass is 9.73. The van der Waals surface area contributed by atoms with Gasteiger partial charge in [-0.25, -0.2) is 0 Å². The molecular weight excluding hydrogens is 380 g/mol. The fraction of sp³-hybridized carbons (Fsp3) is 0.333. The largest absolute Gasteiger partial charge is 0.497 e. The van der Waals surface area contributed by atoms with Gasteiger partial charge in [-0.05, 0) is 42.0 Å². The molecule has 2 aliphatic rings. The van der Waals surface area contributed by atoms with E-state index < -0.39 is 0 Å². The molecule has 2 heterocycles. The van der Waals surface area contributed by atoms with Gasteiger partial charge in [0.1, 0.15) is 5.75 Å². The number of hydrogen-bond donors (Lipinski definition) is 1. The minimum absolute atomic E-state index is 0.00435. The highest BCUT2D eigenvalue weighted by molar-refractivity contribution is 5.87. The molecule has 2 aromatic carbocycles. The van der Waals surface area contributed by atoms with E-state index in [-0.39, 0.29) is 43.0 Å². The van der Waals surface area contributed by atoms with E-state index in [9.17, 15) is 14.7 Å². The molecule has 0 unspecified atom stereocenters. The summed E-state index contributed by atoms with van der Waals surface area (Å²) in [6, 6.07) is 15.1. The second kappa shape index (κ2) is 8.21. The van der Waals surface area contributed by atoms with Gasteiger partial charge in [-0.15, -0.1) is 0 Å². The van der Waals surface area contributed by atoms with Crippen LogP contribution in [0.25, 0.3) is 0 Å². The topological polar surface area (TPSA) is 70.1 Å². The molecule has 0 spiro atoms. The van der Waals surface area contributed by atoms with Crippen molar-refractivity contribution in [3.8, 4) is 17.6 Å². The molecule has 2 saturated heterocycles. The molecule has 2 aliphatic heterocycles. The molecule has 30 heavy (non-hydrogen) atoms. The molecule has 3 atom stereocenters. The minimum Gasteiger partial charge on any atom is -0.497 e. The summed E-state index contributed by atoms with van der Waals surface area (Å²) in [4.78, 5) is 27.5. The zero-order valence-corrected chi connectivity index (χ0v) is 17.0. The summed E-state index contributed by atoms with van der Waals surface area (Å²) in [6.07, 6.45) is 0. The van der Waals surface area contributed by atoms with Crippen LogP contribution in [0.2, 0.25) is 0 Å². The number of carbonyl (C=O) groups excluding carboxylic acids is 2. The lowest BCUT2D eigenvalue weighted by Crippen LogP contribution is -2.73. The molecule has 0 aromatic heterocycles. The molecule has 2 fully saturated rings. The summed E-state index contributed by atoms with van der Waals surface area (Å²) in [6.45, 7) is 1.98. The average Bonchev–Trinajstić information content (AvgIpc) is 2.74. The van der Waals surface area contributed by atoms with E-state index in [1.54, 1.807) is 16.9 Å². The van der Waals surface area contributed by atoms with Crippen molar-refractivity contribution in [2.45, 2.75) is 24.9 Å². The van der Waals surface area contributed by atoms with E-state index in [1.807, 2.05) is 48.5 Å². The zero-order valence-electron chi connectivity index (χ0n) is 17.0. The number of ether oxygens (including phenoxy) is 1. The Morgan fingerprint density at radius 3 is 2.23 bits per heavy atom. The Labute approximate surface area is 176 Å². The summed E-state index contributed by atoms with van der Waals surface area (Å²) < 4.78 is 5.15. The predicted octanol–water partition coefficient (Wildman–Crippen LogP) is 1.61. The van der Waals surface area contributed by atoms with E-state index in [4.69, 9.17) is 4.74 Å². The third-order valence-corrected chi connectivity index (χ3v) is 5.93. The highest BCUT2D eigenvalue weighted by Crippen LogP contribution is 2.42. The first-order valence-electron chi connectivity index (χ1n) is 9.95.